The van der Waals surface area contributed by atoms with Gasteiger partial charge in [0.1, 0.15) is 0 Å². The highest BCUT2D eigenvalue weighted by atomic mass is 28.4. The third-order valence-corrected chi connectivity index (χ3v) is 8.61. The maximum Gasteiger partial charge on any atom is 0.191 e. The molecule has 1 nitrogen and oxygen atoms in total. The lowest BCUT2D eigenvalue weighted by Crippen LogP contribution is -2.40. The number of hydrogen-bond acceptors (Lipinski definition) is 1. The van der Waals surface area contributed by atoms with Gasteiger partial charge in [-0.3, -0.25) is 0 Å². The molecule has 112 valence electrons. The van der Waals surface area contributed by atoms with Crippen molar-refractivity contribution in [3.63, 3.8) is 0 Å². The highest BCUT2D eigenvalue weighted by Gasteiger charge is 2.36. The fourth-order valence-corrected chi connectivity index (χ4v) is 2.64. The minimum atomic E-state index is -1.54. The first-order chi connectivity index (χ1) is 8.70. The van der Waals surface area contributed by atoms with Gasteiger partial charge in [0.25, 0.3) is 0 Å². The van der Waals surface area contributed by atoms with Crippen molar-refractivity contribution in [2.75, 3.05) is 6.61 Å². The quantitative estimate of drug-likeness (QED) is 0.288. The van der Waals surface area contributed by atoms with Crippen molar-refractivity contribution in [3.8, 4) is 0 Å². The van der Waals surface area contributed by atoms with Crippen LogP contribution in [-0.2, 0) is 4.43 Å². The zero-order chi connectivity index (χ0) is 14.9. The Morgan fingerprint density at radius 3 is 2.37 bits per heavy atom. The first-order valence-electron chi connectivity index (χ1n) is 7.62. The Morgan fingerprint density at radius 1 is 1.21 bits per heavy atom. The van der Waals surface area contributed by atoms with Crippen LogP contribution in [0, 0.1) is 5.92 Å². The largest absolute Gasteiger partial charge is 0.417 e. The van der Waals surface area contributed by atoms with Crippen LogP contribution in [0.5, 0.6) is 0 Å². The monoisotopic (exact) mass is 282 g/mol. The summed E-state index contributed by atoms with van der Waals surface area (Å²) in [5.74, 6) is 0.666. The van der Waals surface area contributed by atoms with E-state index >= 15 is 0 Å². The molecule has 0 aromatic carbocycles. The van der Waals surface area contributed by atoms with Gasteiger partial charge in [-0.1, -0.05) is 45.9 Å². The van der Waals surface area contributed by atoms with E-state index in [-0.39, 0.29) is 0 Å². The van der Waals surface area contributed by atoms with E-state index in [4.69, 9.17) is 4.43 Å². The second-order valence-electron chi connectivity index (χ2n) is 7.02. The highest BCUT2D eigenvalue weighted by molar-refractivity contribution is 6.74. The van der Waals surface area contributed by atoms with Crippen LogP contribution in [0.25, 0.3) is 0 Å². The molecule has 0 bridgehead atoms. The van der Waals surface area contributed by atoms with E-state index < -0.39 is 8.32 Å². The predicted molar refractivity (Wildman–Crippen MR) is 90.1 cm³/mol. The first kappa shape index (κ1) is 18.7. The molecule has 0 radical (unpaired) electrons. The molecule has 0 rings (SSSR count). The van der Waals surface area contributed by atoms with Crippen LogP contribution in [0.3, 0.4) is 0 Å². The van der Waals surface area contributed by atoms with Crippen molar-refractivity contribution in [1.82, 2.24) is 0 Å². The second kappa shape index (κ2) is 8.75. The van der Waals surface area contributed by atoms with Gasteiger partial charge in [-0.15, -0.1) is 6.58 Å². The van der Waals surface area contributed by atoms with Crippen molar-refractivity contribution < 1.29 is 4.43 Å². The number of unbranched alkanes of at least 4 members (excludes halogenated alkanes) is 1. The van der Waals surface area contributed by atoms with Crippen molar-refractivity contribution in [2.45, 2.75) is 71.5 Å². The van der Waals surface area contributed by atoms with Gasteiger partial charge >= 0.3 is 0 Å². The summed E-state index contributed by atoms with van der Waals surface area (Å²) in [6.45, 7) is 18.4. The lowest BCUT2D eigenvalue weighted by Gasteiger charge is -2.36. The Balaban J connectivity index is 3.76. The maximum atomic E-state index is 6.16. The Hall–Kier alpha value is -0.343. The molecule has 0 aliphatic heterocycles. The molecule has 0 heterocycles. The van der Waals surface area contributed by atoms with Gasteiger partial charge < -0.3 is 4.43 Å². The molecule has 19 heavy (non-hydrogen) atoms. The van der Waals surface area contributed by atoms with Gasteiger partial charge in [0, 0.05) is 6.61 Å². The SMILES string of the molecule is C=CCC[C@@H](C)/C=C/CCCO[Si](C)(C)C(C)(C)C. The molecule has 0 aromatic rings. The van der Waals surface area contributed by atoms with Crippen LogP contribution < -0.4 is 0 Å². The Morgan fingerprint density at radius 2 is 1.84 bits per heavy atom. The van der Waals surface area contributed by atoms with Gasteiger partial charge in [0.05, 0.1) is 0 Å². The fourth-order valence-electron chi connectivity index (χ4n) is 1.55. The Kier molecular flexibility index (Phi) is 8.60. The average molecular weight is 283 g/mol. The van der Waals surface area contributed by atoms with Crippen LogP contribution in [0.4, 0.5) is 0 Å². The number of hydrogen-bond donors (Lipinski definition) is 0. The molecule has 0 saturated carbocycles. The van der Waals surface area contributed by atoms with Crippen LogP contribution in [-0.4, -0.2) is 14.9 Å². The predicted octanol–water partition coefficient (Wildman–Crippen LogP) is 5.95. The summed E-state index contributed by atoms with van der Waals surface area (Å²) in [5, 5.41) is 0.321. The van der Waals surface area contributed by atoms with Crippen LogP contribution in [0.1, 0.15) is 53.4 Å². The maximum absolute atomic E-state index is 6.16. The highest BCUT2D eigenvalue weighted by Crippen LogP contribution is 2.36. The van der Waals surface area contributed by atoms with E-state index in [0.29, 0.717) is 11.0 Å². The van der Waals surface area contributed by atoms with Gasteiger partial charge in [-0.05, 0) is 49.7 Å². The van der Waals surface area contributed by atoms with Crippen molar-refractivity contribution in [1.29, 1.82) is 0 Å². The summed E-state index contributed by atoms with van der Waals surface area (Å²) in [7, 11) is -1.54. The van der Waals surface area contributed by atoms with E-state index in [1.54, 1.807) is 0 Å². The second-order valence-corrected chi connectivity index (χ2v) is 11.8. The molecule has 0 aromatic heterocycles. The molecule has 0 amide bonds. The summed E-state index contributed by atoms with van der Waals surface area (Å²) in [5.41, 5.74) is 0. The summed E-state index contributed by atoms with van der Waals surface area (Å²) in [4.78, 5) is 0. The molecule has 0 fully saturated rings. The Bertz CT molecular complexity index is 273. The van der Waals surface area contributed by atoms with Crippen LogP contribution in [0.15, 0.2) is 24.8 Å². The molecule has 0 aliphatic rings. The molecule has 0 spiro atoms. The lowest BCUT2D eigenvalue weighted by atomic mass is 10.0. The van der Waals surface area contributed by atoms with Crippen LogP contribution in [0.2, 0.25) is 18.1 Å². The molecule has 0 N–H and O–H groups in total. The number of allylic oxidation sites excluding steroid dienone is 3. The van der Waals surface area contributed by atoms with Gasteiger partial charge in [0.15, 0.2) is 8.32 Å². The van der Waals surface area contributed by atoms with Crippen LogP contribution >= 0.6 is 0 Å². The number of rotatable bonds is 9. The summed E-state index contributed by atoms with van der Waals surface area (Å²) in [6.07, 6.45) is 11.2. The zero-order valence-corrected chi connectivity index (χ0v) is 15.0. The van der Waals surface area contributed by atoms with E-state index in [1.807, 2.05) is 6.08 Å². The van der Waals surface area contributed by atoms with Gasteiger partial charge in [-0.25, -0.2) is 0 Å². The van der Waals surface area contributed by atoms with Crippen molar-refractivity contribution >= 4 is 8.32 Å². The minimum Gasteiger partial charge on any atom is -0.417 e. The molecule has 2 heteroatoms. The van der Waals surface area contributed by atoms with Gasteiger partial charge in [-0.2, -0.15) is 0 Å². The molecular formula is C17H34OSi. The summed E-state index contributed by atoms with van der Waals surface area (Å²) < 4.78 is 6.16. The van der Waals surface area contributed by atoms with E-state index in [2.05, 4.69) is 59.5 Å². The van der Waals surface area contributed by atoms with E-state index in [0.717, 1.165) is 25.9 Å². The molecular weight excluding hydrogens is 248 g/mol. The molecule has 0 aliphatic carbocycles. The minimum absolute atomic E-state index is 0.321. The normalized spacial score (nSPS) is 14.8. The zero-order valence-electron chi connectivity index (χ0n) is 14.0. The van der Waals surface area contributed by atoms with Crippen molar-refractivity contribution in [2.24, 2.45) is 5.92 Å². The first-order valence-corrected chi connectivity index (χ1v) is 10.5. The van der Waals surface area contributed by atoms with E-state index in [9.17, 15) is 0 Å². The molecule has 1 atom stereocenters. The van der Waals surface area contributed by atoms with E-state index in [1.165, 1.54) is 6.42 Å². The van der Waals surface area contributed by atoms with Crippen molar-refractivity contribution in [3.05, 3.63) is 24.8 Å². The average Bonchev–Trinajstić information content (AvgIpc) is 2.29. The smallest absolute Gasteiger partial charge is 0.191 e. The molecule has 0 unspecified atom stereocenters. The summed E-state index contributed by atoms with van der Waals surface area (Å²) >= 11 is 0. The van der Waals surface area contributed by atoms with Gasteiger partial charge in [0.2, 0.25) is 0 Å². The third-order valence-electron chi connectivity index (χ3n) is 4.07. The lowest BCUT2D eigenvalue weighted by molar-refractivity contribution is 0.283. The fraction of sp³-hybridized carbons (Fsp3) is 0.765. The molecule has 0 saturated heterocycles. The summed E-state index contributed by atoms with van der Waals surface area (Å²) in [6, 6.07) is 0. The topological polar surface area (TPSA) is 9.23 Å². The Labute approximate surface area is 122 Å². The third kappa shape index (κ3) is 8.43. The standard InChI is InChI=1S/C17H34OSi/c1-8-9-13-16(2)14-11-10-12-15-18-19(6,7)17(3,4)5/h8,11,14,16H,1,9-10,12-13,15H2,2-7H3/b14-11+/t16-/m1/s1.